The zero-order valence-corrected chi connectivity index (χ0v) is 13.1. The zero-order valence-electron chi connectivity index (χ0n) is 12.4. The molecule has 0 atom stereocenters. The normalized spacial score (nSPS) is 10.9. The Morgan fingerprint density at radius 1 is 1.35 bits per heavy atom. The fraction of sp³-hybridized carbons (Fsp3) is 0.400. The number of nitrogens with one attached hydrogen (secondary N) is 1. The second kappa shape index (κ2) is 6.18. The number of aromatic nitrogens is 2. The highest BCUT2D eigenvalue weighted by Crippen LogP contribution is 2.28. The van der Waals surface area contributed by atoms with Crippen LogP contribution in [-0.2, 0) is 6.54 Å². The maximum absolute atomic E-state index is 6.09. The fourth-order valence-corrected chi connectivity index (χ4v) is 2.33. The molecule has 20 heavy (non-hydrogen) atoms. The Morgan fingerprint density at radius 3 is 2.75 bits per heavy atom. The van der Waals surface area contributed by atoms with Gasteiger partial charge in [-0.25, -0.2) is 4.98 Å². The summed E-state index contributed by atoms with van der Waals surface area (Å²) in [6.07, 6.45) is 3.76. The molecule has 0 unspecified atom stereocenters. The first-order valence-corrected chi connectivity index (χ1v) is 7.08. The van der Waals surface area contributed by atoms with Crippen molar-refractivity contribution in [2.75, 3.05) is 24.3 Å². The lowest BCUT2D eigenvalue weighted by molar-refractivity contribution is 0.577. The van der Waals surface area contributed by atoms with Crippen LogP contribution in [-0.4, -0.2) is 23.6 Å². The molecule has 0 aliphatic heterocycles. The van der Waals surface area contributed by atoms with Gasteiger partial charge in [-0.05, 0) is 32.0 Å². The van der Waals surface area contributed by atoms with Gasteiger partial charge in [-0.1, -0.05) is 11.6 Å². The molecule has 0 saturated carbocycles. The maximum Gasteiger partial charge on any atom is 0.0951 e. The third-order valence-corrected chi connectivity index (χ3v) is 3.44. The van der Waals surface area contributed by atoms with Crippen molar-refractivity contribution in [1.29, 1.82) is 0 Å². The maximum atomic E-state index is 6.09. The van der Waals surface area contributed by atoms with Gasteiger partial charge in [0.15, 0.2) is 0 Å². The first-order valence-electron chi connectivity index (χ1n) is 6.70. The van der Waals surface area contributed by atoms with Crippen molar-refractivity contribution in [3.8, 4) is 0 Å². The van der Waals surface area contributed by atoms with Crippen molar-refractivity contribution >= 4 is 23.0 Å². The van der Waals surface area contributed by atoms with E-state index in [2.05, 4.69) is 33.6 Å². The summed E-state index contributed by atoms with van der Waals surface area (Å²) in [7, 11) is 4.04. The number of anilines is 2. The van der Waals surface area contributed by atoms with E-state index in [0.29, 0.717) is 6.04 Å². The number of rotatable bonds is 5. The van der Waals surface area contributed by atoms with Gasteiger partial charge in [-0.2, -0.15) is 0 Å². The summed E-state index contributed by atoms with van der Waals surface area (Å²) in [6, 6.07) is 6.28. The Balaban J connectivity index is 2.18. The minimum absolute atomic E-state index is 0.405. The minimum Gasteiger partial charge on any atom is -0.378 e. The van der Waals surface area contributed by atoms with E-state index in [-0.39, 0.29) is 0 Å². The van der Waals surface area contributed by atoms with E-state index < -0.39 is 0 Å². The molecule has 1 heterocycles. The van der Waals surface area contributed by atoms with Gasteiger partial charge in [0.25, 0.3) is 0 Å². The third-order valence-electron chi connectivity index (χ3n) is 3.20. The van der Waals surface area contributed by atoms with Gasteiger partial charge >= 0.3 is 0 Å². The van der Waals surface area contributed by atoms with E-state index in [0.717, 1.165) is 28.6 Å². The summed E-state index contributed by atoms with van der Waals surface area (Å²) >= 11 is 6.09. The molecule has 0 spiro atoms. The van der Waals surface area contributed by atoms with E-state index >= 15 is 0 Å². The first kappa shape index (κ1) is 14.7. The lowest BCUT2D eigenvalue weighted by Crippen LogP contribution is -2.13. The smallest absolute Gasteiger partial charge is 0.0951 e. The molecule has 5 heteroatoms. The van der Waals surface area contributed by atoms with Crippen molar-refractivity contribution in [3.05, 3.63) is 41.4 Å². The van der Waals surface area contributed by atoms with Gasteiger partial charge in [-0.3, -0.25) is 0 Å². The molecule has 0 aliphatic carbocycles. The number of imidazole rings is 1. The van der Waals surface area contributed by atoms with Crippen LogP contribution in [0, 0.1) is 0 Å². The monoisotopic (exact) mass is 292 g/mol. The van der Waals surface area contributed by atoms with Crippen LogP contribution < -0.4 is 10.2 Å². The molecule has 0 bridgehead atoms. The summed E-state index contributed by atoms with van der Waals surface area (Å²) in [4.78, 5) is 6.29. The van der Waals surface area contributed by atoms with Crippen LogP contribution in [0.4, 0.5) is 11.4 Å². The van der Waals surface area contributed by atoms with Crippen molar-refractivity contribution < 1.29 is 0 Å². The molecule has 0 fully saturated rings. The average molecular weight is 293 g/mol. The number of benzene rings is 1. The molecule has 0 radical (unpaired) electrons. The molecule has 108 valence electrons. The highest BCUT2D eigenvalue weighted by Gasteiger charge is 2.08. The third kappa shape index (κ3) is 3.25. The Hall–Kier alpha value is -1.68. The predicted octanol–water partition coefficient (Wildman–Crippen LogP) is 3.80. The predicted molar refractivity (Wildman–Crippen MR) is 85.7 cm³/mol. The summed E-state index contributed by atoms with van der Waals surface area (Å²) in [6.45, 7) is 5.02. The molecular weight excluding hydrogens is 272 g/mol. The summed E-state index contributed by atoms with van der Waals surface area (Å²) in [5.41, 5.74) is 3.30. The molecule has 4 nitrogen and oxygen atoms in total. The Bertz CT molecular complexity index is 575. The Labute approximate surface area is 125 Å². The van der Waals surface area contributed by atoms with Crippen LogP contribution in [0.15, 0.2) is 30.7 Å². The topological polar surface area (TPSA) is 33.1 Å². The SMILES string of the molecule is CC(C)n1cncc1CNc1cc(Cl)ccc1N(C)C. The second-order valence-corrected chi connectivity index (χ2v) is 5.73. The molecule has 1 aromatic heterocycles. The molecule has 0 amide bonds. The summed E-state index contributed by atoms with van der Waals surface area (Å²) < 4.78 is 2.16. The van der Waals surface area contributed by atoms with Crippen molar-refractivity contribution in [2.45, 2.75) is 26.4 Å². The van der Waals surface area contributed by atoms with Crippen molar-refractivity contribution in [3.63, 3.8) is 0 Å². The first-order chi connectivity index (χ1) is 9.49. The van der Waals surface area contributed by atoms with Crippen LogP contribution in [0.1, 0.15) is 25.6 Å². The van der Waals surface area contributed by atoms with Crippen LogP contribution in [0.5, 0.6) is 0 Å². The number of hydrogen-bond donors (Lipinski definition) is 1. The molecule has 0 aliphatic rings. The Morgan fingerprint density at radius 2 is 2.10 bits per heavy atom. The molecule has 0 saturated heterocycles. The van der Waals surface area contributed by atoms with Gasteiger partial charge in [0, 0.05) is 31.4 Å². The van der Waals surface area contributed by atoms with Crippen molar-refractivity contribution in [1.82, 2.24) is 9.55 Å². The van der Waals surface area contributed by atoms with Gasteiger partial charge < -0.3 is 14.8 Å². The quantitative estimate of drug-likeness (QED) is 0.910. The number of hydrogen-bond acceptors (Lipinski definition) is 3. The summed E-state index contributed by atoms with van der Waals surface area (Å²) in [5, 5.41) is 4.18. The van der Waals surface area contributed by atoms with Crippen LogP contribution in [0.3, 0.4) is 0 Å². The van der Waals surface area contributed by atoms with Crippen LogP contribution in [0.2, 0.25) is 5.02 Å². The van der Waals surface area contributed by atoms with Gasteiger partial charge in [0.1, 0.15) is 0 Å². The molecule has 2 aromatic rings. The van der Waals surface area contributed by atoms with Gasteiger partial charge in [0.05, 0.1) is 29.9 Å². The molecule has 1 N–H and O–H groups in total. The fourth-order valence-electron chi connectivity index (χ4n) is 2.16. The minimum atomic E-state index is 0.405. The van der Waals surface area contributed by atoms with E-state index in [1.807, 2.05) is 44.8 Å². The van der Waals surface area contributed by atoms with E-state index in [4.69, 9.17) is 11.6 Å². The lowest BCUT2D eigenvalue weighted by Gasteiger charge is -2.19. The average Bonchev–Trinajstić information content (AvgIpc) is 2.84. The summed E-state index contributed by atoms with van der Waals surface area (Å²) in [5.74, 6) is 0. The highest BCUT2D eigenvalue weighted by atomic mass is 35.5. The molecule has 2 rings (SSSR count). The van der Waals surface area contributed by atoms with E-state index in [1.165, 1.54) is 0 Å². The molecule has 1 aromatic carbocycles. The molecular formula is C15H21ClN4. The number of halogens is 1. The van der Waals surface area contributed by atoms with Crippen molar-refractivity contribution in [2.24, 2.45) is 0 Å². The van der Waals surface area contributed by atoms with Crippen LogP contribution >= 0.6 is 11.6 Å². The second-order valence-electron chi connectivity index (χ2n) is 5.30. The standard InChI is InChI=1S/C15H21ClN4/c1-11(2)20-10-17-8-13(20)9-18-14-7-12(16)5-6-15(14)19(3)4/h5-8,10-11,18H,9H2,1-4H3. The largest absolute Gasteiger partial charge is 0.378 e. The van der Waals surface area contributed by atoms with Gasteiger partial charge in [0.2, 0.25) is 0 Å². The number of nitrogens with zero attached hydrogens (tertiary/aromatic N) is 3. The lowest BCUT2D eigenvalue weighted by atomic mass is 10.2. The Kier molecular flexibility index (Phi) is 4.55. The van der Waals surface area contributed by atoms with E-state index in [1.54, 1.807) is 0 Å². The van der Waals surface area contributed by atoms with Gasteiger partial charge in [-0.15, -0.1) is 0 Å². The highest BCUT2D eigenvalue weighted by molar-refractivity contribution is 6.31. The van der Waals surface area contributed by atoms with Crippen LogP contribution in [0.25, 0.3) is 0 Å². The van der Waals surface area contributed by atoms with E-state index in [9.17, 15) is 0 Å². The zero-order chi connectivity index (χ0) is 14.7.